The highest BCUT2D eigenvalue weighted by Gasteiger charge is 2.51. The molecule has 120 valence electrons. The van der Waals surface area contributed by atoms with Crippen molar-refractivity contribution in [3.05, 3.63) is 42.5 Å². The first-order valence-corrected chi connectivity index (χ1v) is 7.68. The number of aromatic hydroxyl groups is 2. The molecular formula is C18H21BO4. The Hall–Kier alpha value is -1.98. The maximum Gasteiger partial charge on any atom is 0.494 e. The van der Waals surface area contributed by atoms with Crippen molar-refractivity contribution in [1.82, 2.24) is 0 Å². The van der Waals surface area contributed by atoms with Crippen molar-refractivity contribution in [3.63, 3.8) is 0 Å². The van der Waals surface area contributed by atoms with Gasteiger partial charge in [0.15, 0.2) is 0 Å². The summed E-state index contributed by atoms with van der Waals surface area (Å²) in [6.45, 7) is 8.06. The van der Waals surface area contributed by atoms with Crippen molar-refractivity contribution in [2.24, 2.45) is 0 Å². The van der Waals surface area contributed by atoms with Gasteiger partial charge in [-0.05, 0) is 50.9 Å². The van der Waals surface area contributed by atoms with Gasteiger partial charge < -0.3 is 19.5 Å². The van der Waals surface area contributed by atoms with Crippen LogP contribution in [0.2, 0.25) is 0 Å². The maximum atomic E-state index is 9.95. The number of rotatable bonds is 2. The van der Waals surface area contributed by atoms with Crippen LogP contribution in [0.15, 0.2) is 42.5 Å². The molecule has 0 atom stereocenters. The average molecular weight is 312 g/mol. The number of hydrogen-bond acceptors (Lipinski definition) is 4. The van der Waals surface area contributed by atoms with Gasteiger partial charge in [-0.2, -0.15) is 0 Å². The summed E-state index contributed by atoms with van der Waals surface area (Å²) < 4.78 is 12.0. The maximum absolute atomic E-state index is 9.95. The van der Waals surface area contributed by atoms with E-state index in [9.17, 15) is 10.2 Å². The Labute approximate surface area is 136 Å². The largest absolute Gasteiger partial charge is 0.507 e. The van der Waals surface area contributed by atoms with Crippen molar-refractivity contribution < 1.29 is 19.5 Å². The summed E-state index contributed by atoms with van der Waals surface area (Å²) in [6.07, 6.45) is 0. The number of phenols is 2. The van der Waals surface area contributed by atoms with Crippen LogP contribution in [0.1, 0.15) is 27.7 Å². The summed E-state index contributed by atoms with van der Waals surface area (Å²) >= 11 is 0. The van der Waals surface area contributed by atoms with Gasteiger partial charge in [-0.3, -0.25) is 0 Å². The van der Waals surface area contributed by atoms with Crippen LogP contribution in [0.25, 0.3) is 11.1 Å². The first-order chi connectivity index (χ1) is 10.7. The van der Waals surface area contributed by atoms with Crippen molar-refractivity contribution in [3.8, 4) is 22.6 Å². The third-order valence-electron chi connectivity index (χ3n) is 4.75. The molecule has 2 N–H and O–H groups in total. The van der Waals surface area contributed by atoms with Crippen LogP contribution in [0.4, 0.5) is 0 Å². The molecule has 0 aliphatic carbocycles. The zero-order chi connectivity index (χ0) is 16.8. The minimum atomic E-state index is -0.424. The third-order valence-corrected chi connectivity index (χ3v) is 4.75. The molecule has 0 amide bonds. The van der Waals surface area contributed by atoms with Crippen LogP contribution in [0, 0.1) is 0 Å². The molecule has 2 aromatic carbocycles. The van der Waals surface area contributed by atoms with Gasteiger partial charge in [-0.15, -0.1) is 0 Å². The Balaban J connectivity index is 1.90. The Morgan fingerprint density at radius 1 is 0.783 bits per heavy atom. The smallest absolute Gasteiger partial charge is 0.494 e. The lowest BCUT2D eigenvalue weighted by Crippen LogP contribution is -2.41. The third kappa shape index (κ3) is 2.71. The van der Waals surface area contributed by atoms with Gasteiger partial charge in [0, 0.05) is 0 Å². The molecule has 1 fully saturated rings. The molecule has 0 spiro atoms. The van der Waals surface area contributed by atoms with Crippen LogP contribution < -0.4 is 5.46 Å². The van der Waals surface area contributed by atoms with E-state index in [-0.39, 0.29) is 22.7 Å². The highest BCUT2D eigenvalue weighted by Crippen LogP contribution is 2.38. The molecule has 1 aliphatic heterocycles. The predicted octanol–water partition coefficient (Wildman–Crippen LogP) is 3.06. The topological polar surface area (TPSA) is 58.9 Å². The van der Waals surface area contributed by atoms with Gasteiger partial charge in [-0.1, -0.05) is 30.3 Å². The molecule has 0 bridgehead atoms. The summed E-state index contributed by atoms with van der Waals surface area (Å²) in [7, 11) is -0.424. The lowest BCUT2D eigenvalue weighted by molar-refractivity contribution is 0.00578. The van der Waals surface area contributed by atoms with Crippen LogP contribution in [-0.2, 0) is 9.31 Å². The second-order valence-electron chi connectivity index (χ2n) is 6.88. The molecular weight excluding hydrogens is 291 g/mol. The fourth-order valence-electron chi connectivity index (χ4n) is 2.61. The molecule has 0 unspecified atom stereocenters. The highest BCUT2D eigenvalue weighted by molar-refractivity contribution is 6.62. The normalized spacial score (nSPS) is 19.0. The van der Waals surface area contributed by atoms with E-state index in [0.29, 0.717) is 5.56 Å². The fourth-order valence-corrected chi connectivity index (χ4v) is 2.61. The van der Waals surface area contributed by atoms with E-state index in [1.54, 1.807) is 18.2 Å². The van der Waals surface area contributed by atoms with Crippen molar-refractivity contribution in [1.29, 1.82) is 0 Å². The van der Waals surface area contributed by atoms with Crippen LogP contribution in [-0.4, -0.2) is 28.5 Å². The van der Waals surface area contributed by atoms with Gasteiger partial charge in [-0.25, -0.2) is 0 Å². The SMILES string of the molecule is CC1(C)OB(c2ccc(-c3c(O)cccc3O)cc2)OC1(C)C. The van der Waals surface area contributed by atoms with Gasteiger partial charge >= 0.3 is 7.12 Å². The highest BCUT2D eigenvalue weighted by atomic mass is 16.7. The number of benzene rings is 2. The zero-order valence-corrected chi connectivity index (χ0v) is 13.8. The molecule has 3 rings (SSSR count). The lowest BCUT2D eigenvalue weighted by atomic mass is 9.78. The molecule has 4 nitrogen and oxygen atoms in total. The van der Waals surface area contributed by atoms with E-state index >= 15 is 0 Å². The first kappa shape index (κ1) is 15.9. The van der Waals surface area contributed by atoms with Gasteiger partial charge in [0.1, 0.15) is 11.5 Å². The summed E-state index contributed by atoms with van der Waals surface area (Å²) in [4.78, 5) is 0. The second kappa shape index (κ2) is 5.29. The number of hydrogen-bond donors (Lipinski definition) is 2. The molecule has 1 aliphatic rings. The second-order valence-corrected chi connectivity index (χ2v) is 6.88. The summed E-state index contributed by atoms with van der Waals surface area (Å²) in [6, 6.07) is 12.2. The van der Waals surface area contributed by atoms with Crippen molar-refractivity contribution in [2.75, 3.05) is 0 Å². The minimum absolute atomic E-state index is 0.0494. The van der Waals surface area contributed by atoms with E-state index in [4.69, 9.17) is 9.31 Å². The zero-order valence-electron chi connectivity index (χ0n) is 13.8. The quantitative estimate of drug-likeness (QED) is 0.837. The minimum Gasteiger partial charge on any atom is -0.507 e. The monoisotopic (exact) mass is 312 g/mol. The molecule has 1 saturated heterocycles. The molecule has 0 aromatic heterocycles. The molecule has 0 radical (unpaired) electrons. The van der Waals surface area contributed by atoms with E-state index in [1.165, 1.54) is 0 Å². The Kier molecular flexibility index (Phi) is 3.66. The van der Waals surface area contributed by atoms with Gasteiger partial charge in [0.25, 0.3) is 0 Å². The van der Waals surface area contributed by atoms with Crippen LogP contribution >= 0.6 is 0 Å². The van der Waals surface area contributed by atoms with E-state index in [1.807, 2.05) is 52.0 Å². The lowest BCUT2D eigenvalue weighted by Gasteiger charge is -2.32. The van der Waals surface area contributed by atoms with Crippen LogP contribution in [0.5, 0.6) is 11.5 Å². The first-order valence-electron chi connectivity index (χ1n) is 7.68. The van der Waals surface area contributed by atoms with E-state index < -0.39 is 7.12 Å². The molecule has 2 aromatic rings. The Morgan fingerprint density at radius 3 is 1.74 bits per heavy atom. The Bertz CT molecular complexity index is 686. The molecule has 1 heterocycles. The van der Waals surface area contributed by atoms with Crippen molar-refractivity contribution >= 4 is 12.6 Å². The Morgan fingerprint density at radius 2 is 1.26 bits per heavy atom. The van der Waals surface area contributed by atoms with Crippen LogP contribution in [0.3, 0.4) is 0 Å². The summed E-state index contributed by atoms with van der Waals surface area (Å²) in [5.74, 6) is 0.0989. The standard InChI is InChI=1S/C18H21BO4/c1-17(2)18(3,4)23-19(22-17)13-10-8-12(9-11-13)16-14(20)6-5-7-15(16)21/h5-11,20-21H,1-4H3. The van der Waals surface area contributed by atoms with E-state index in [0.717, 1.165) is 11.0 Å². The molecule has 23 heavy (non-hydrogen) atoms. The fraction of sp³-hybridized carbons (Fsp3) is 0.333. The van der Waals surface area contributed by atoms with Crippen molar-refractivity contribution in [2.45, 2.75) is 38.9 Å². The predicted molar refractivity (Wildman–Crippen MR) is 90.9 cm³/mol. The van der Waals surface area contributed by atoms with Gasteiger partial charge in [0.2, 0.25) is 0 Å². The molecule has 5 heteroatoms. The average Bonchev–Trinajstić information content (AvgIpc) is 2.68. The number of phenolic OH excluding ortho intramolecular Hbond substituents is 2. The summed E-state index contributed by atoms with van der Waals surface area (Å²) in [5, 5.41) is 19.9. The molecule has 0 saturated carbocycles. The van der Waals surface area contributed by atoms with Gasteiger partial charge in [0.05, 0.1) is 16.8 Å². The summed E-state index contributed by atoms with van der Waals surface area (Å²) in [5.41, 5.74) is 1.30. The van der Waals surface area contributed by atoms with E-state index in [2.05, 4.69) is 0 Å².